The number of rotatable bonds is 6. The third kappa shape index (κ3) is 4.41. The van der Waals surface area contributed by atoms with E-state index in [1.807, 2.05) is 0 Å². The summed E-state index contributed by atoms with van der Waals surface area (Å²) in [5, 5.41) is 15.6. The predicted molar refractivity (Wildman–Crippen MR) is 96.7 cm³/mol. The molecule has 3 amide bonds. The highest BCUT2D eigenvalue weighted by atomic mass is 19.3. The molecule has 2 N–H and O–H groups in total. The summed E-state index contributed by atoms with van der Waals surface area (Å²) in [5.74, 6) is -3.69. The largest absolute Gasteiger partial charge is 0.345 e. The van der Waals surface area contributed by atoms with Crippen molar-refractivity contribution in [2.75, 3.05) is 13.1 Å². The number of hydrogen-bond donors (Lipinski definition) is 2. The zero-order valence-corrected chi connectivity index (χ0v) is 16.2. The lowest BCUT2D eigenvalue weighted by Crippen LogP contribution is -2.56. The van der Waals surface area contributed by atoms with Gasteiger partial charge < -0.3 is 15.5 Å². The SMILES string of the molecule is CC(F)c1nonc1C(=O)NCc1cn2ncc(CN3CC(F)(F)CNC3=O)cc2n1. The van der Waals surface area contributed by atoms with Crippen LogP contribution in [0.4, 0.5) is 18.0 Å². The van der Waals surface area contributed by atoms with Crippen LogP contribution in [0.2, 0.25) is 0 Å². The number of amides is 3. The Bertz CT molecular complexity index is 1130. The molecule has 1 atom stereocenters. The van der Waals surface area contributed by atoms with E-state index in [9.17, 15) is 22.8 Å². The molecule has 0 radical (unpaired) electrons. The van der Waals surface area contributed by atoms with Crippen LogP contribution >= 0.6 is 0 Å². The molecule has 164 valence electrons. The van der Waals surface area contributed by atoms with E-state index in [1.54, 1.807) is 12.3 Å². The number of nitrogens with zero attached hydrogens (tertiary/aromatic N) is 6. The molecule has 3 aromatic heterocycles. The number of aromatic nitrogens is 5. The Morgan fingerprint density at radius 3 is 3.00 bits per heavy atom. The van der Waals surface area contributed by atoms with E-state index in [0.717, 1.165) is 4.90 Å². The lowest BCUT2D eigenvalue weighted by Gasteiger charge is -2.32. The first-order chi connectivity index (χ1) is 14.7. The number of imidazole rings is 1. The van der Waals surface area contributed by atoms with Gasteiger partial charge in [0.2, 0.25) is 0 Å². The molecule has 4 rings (SSSR count). The average Bonchev–Trinajstić information content (AvgIpc) is 3.35. The fourth-order valence-corrected chi connectivity index (χ4v) is 3.08. The van der Waals surface area contributed by atoms with Crippen molar-refractivity contribution in [1.82, 2.24) is 40.4 Å². The standard InChI is InChI=1S/C17H17F3N8O3/c1-9(18)13-14(26-31-25-13)15(29)21-4-11-6-28-12(24-11)2-10(3-23-28)5-27-8-17(19,20)7-22-16(27)30/h2-3,6,9H,4-5,7-8H2,1H3,(H,21,29)(H,22,30). The Morgan fingerprint density at radius 1 is 1.42 bits per heavy atom. The lowest BCUT2D eigenvalue weighted by molar-refractivity contribution is -0.0367. The fraction of sp³-hybridized carbons (Fsp3) is 0.412. The van der Waals surface area contributed by atoms with Crippen molar-refractivity contribution in [3.63, 3.8) is 0 Å². The van der Waals surface area contributed by atoms with Crippen LogP contribution in [0, 0.1) is 0 Å². The molecule has 31 heavy (non-hydrogen) atoms. The summed E-state index contributed by atoms with van der Waals surface area (Å²) >= 11 is 0. The van der Waals surface area contributed by atoms with E-state index in [0.29, 0.717) is 16.9 Å². The maximum atomic E-state index is 13.5. The molecule has 0 spiro atoms. The van der Waals surface area contributed by atoms with Crippen molar-refractivity contribution in [2.24, 2.45) is 0 Å². The van der Waals surface area contributed by atoms with Crippen LogP contribution in [0.3, 0.4) is 0 Å². The lowest BCUT2D eigenvalue weighted by atomic mass is 10.2. The molecule has 0 saturated carbocycles. The number of urea groups is 1. The maximum absolute atomic E-state index is 13.5. The van der Waals surface area contributed by atoms with Gasteiger partial charge in [-0.2, -0.15) is 5.10 Å². The van der Waals surface area contributed by atoms with Crippen LogP contribution in [-0.2, 0) is 13.1 Å². The summed E-state index contributed by atoms with van der Waals surface area (Å²) in [6.45, 7) is -0.244. The third-order valence-corrected chi connectivity index (χ3v) is 4.54. The number of halogens is 3. The van der Waals surface area contributed by atoms with Crippen LogP contribution in [0.25, 0.3) is 5.65 Å². The molecule has 0 bridgehead atoms. The first kappa shape index (κ1) is 20.6. The van der Waals surface area contributed by atoms with Gasteiger partial charge in [-0.05, 0) is 23.7 Å². The average molecular weight is 438 g/mol. The van der Waals surface area contributed by atoms with Gasteiger partial charge in [-0.25, -0.2) is 32.1 Å². The highest BCUT2D eigenvalue weighted by Crippen LogP contribution is 2.20. The number of fused-ring (bicyclic) bond motifs is 1. The Balaban J connectivity index is 1.43. The van der Waals surface area contributed by atoms with Gasteiger partial charge in [0.1, 0.15) is 6.17 Å². The van der Waals surface area contributed by atoms with Gasteiger partial charge in [0, 0.05) is 6.54 Å². The Labute approximate surface area is 172 Å². The third-order valence-electron chi connectivity index (χ3n) is 4.54. The molecule has 11 nitrogen and oxygen atoms in total. The normalized spacial score (nSPS) is 16.9. The van der Waals surface area contributed by atoms with Gasteiger partial charge in [-0.3, -0.25) is 4.79 Å². The van der Waals surface area contributed by atoms with Crippen molar-refractivity contribution in [3.05, 3.63) is 41.1 Å². The van der Waals surface area contributed by atoms with E-state index < -0.39 is 37.1 Å². The van der Waals surface area contributed by atoms with Gasteiger partial charge in [0.05, 0.1) is 37.7 Å². The van der Waals surface area contributed by atoms with Gasteiger partial charge in [0.15, 0.2) is 17.0 Å². The van der Waals surface area contributed by atoms with Crippen LogP contribution in [0.1, 0.15) is 40.5 Å². The number of nitrogens with one attached hydrogen (secondary N) is 2. The number of carbonyl (C=O) groups is 2. The molecular formula is C17H17F3N8O3. The Kier molecular flexibility index (Phi) is 5.20. The Hall–Kier alpha value is -3.71. The minimum atomic E-state index is -3.01. The van der Waals surface area contributed by atoms with E-state index in [4.69, 9.17) is 0 Å². The molecule has 4 heterocycles. The number of hydrogen-bond acceptors (Lipinski definition) is 7. The molecule has 3 aromatic rings. The first-order valence-corrected chi connectivity index (χ1v) is 9.20. The first-order valence-electron chi connectivity index (χ1n) is 9.20. The molecule has 0 aliphatic carbocycles. The second-order valence-corrected chi connectivity index (χ2v) is 7.07. The molecule has 1 aliphatic heterocycles. The zero-order valence-electron chi connectivity index (χ0n) is 16.2. The van der Waals surface area contributed by atoms with Crippen molar-refractivity contribution in [1.29, 1.82) is 0 Å². The van der Waals surface area contributed by atoms with Crippen molar-refractivity contribution in [2.45, 2.75) is 32.1 Å². The van der Waals surface area contributed by atoms with E-state index in [2.05, 4.69) is 35.7 Å². The number of carbonyl (C=O) groups excluding carboxylic acids is 2. The van der Waals surface area contributed by atoms with Gasteiger partial charge in [-0.1, -0.05) is 5.16 Å². The maximum Gasteiger partial charge on any atom is 0.318 e. The fourth-order valence-electron chi connectivity index (χ4n) is 3.08. The molecule has 1 saturated heterocycles. The van der Waals surface area contributed by atoms with E-state index in [1.165, 1.54) is 17.6 Å². The van der Waals surface area contributed by atoms with Crippen molar-refractivity contribution < 1.29 is 27.4 Å². The quantitative estimate of drug-likeness (QED) is 0.592. The van der Waals surface area contributed by atoms with Crippen LogP contribution in [-0.4, -0.2) is 60.8 Å². The summed E-state index contributed by atoms with van der Waals surface area (Å²) in [5.41, 5.74) is 0.886. The molecule has 0 aromatic carbocycles. The van der Waals surface area contributed by atoms with Crippen molar-refractivity contribution >= 4 is 17.6 Å². The summed E-state index contributed by atoms with van der Waals surface area (Å²) in [6.07, 6.45) is 1.47. The monoisotopic (exact) mass is 438 g/mol. The molecule has 1 aliphatic rings. The minimum Gasteiger partial charge on any atom is -0.345 e. The highest BCUT2D eigenvalue weighted by molar-refractivity contribution is 5.93. The minimum absolute atomic E-state index is 0.00868. The summed E-state index contributed by atoms with van der Waals surface area (Å²) in [4.78, 5) is 29.3. The van der Waals surface area contributed by atoms with Crippen LogP contribution < -0.4 is 10.6 Å². The van der Waals surface area contributed by atoms with Gasteiger partial charge >= 0.3 is 6.03 Å². The van der Waals surface area contributed by atoms with Crippen molar-refractivity contribution in [3.8, 4) is 0 Å². The highest BCUT2D eigenvalue weighted by Gasteiger charge is 2.38. The topological polar surface area (TPSA) is 131 Å². The van der Waals surface area contributed by atoms with E-state index in [-0.39, 0.29) is 24.5 Å². The van der Waals surface area contributed by atoms with E-state index >= 15 is 0 Å². The predicted octanol–water partition coefficient (Wildman–Crippen LogP) is 1.23. The molecule has 1 fully saturated rings. The smallest absolute Gasteiger partial charge is 0.318 e. The second-order valence-electron chi connectivity index (χ2n) is 7.07. The van der Waals surface area contributed by atoms with Gasteiger partial charge in [0.25, 0.3) is 11.8 Å². The summed E-state index contributed by atoms with van der Waals surface area (Å²) < 4.78 is 46.4. The molecule has 1 unspecified atom stereocenters. The van der Waals surface area contributed by atoms with Crippen LogP contribution in [0.15, 0.2) is 23.1 Å². The molecular weight excluding hydrogens is 421 g/mol. The summed E-state index contributed by atoms with van der Waals surface area (Å²) in [6, 6.07) is 1.02. The zero-order chi connectivity index (χ0) is 22.2. The number of alkyl halides is 3. The van der Waals surface area contributed by atoms with Gasteiger partial charge in [-0.15, -0.1) is 0 Å². The summed E-state index contributed by atoms with van der Waals surface area (Å²) in [7, 11) is 0. The Morgan fingerprint density at radius 2 is 2.23 bits per heavy atom. The second kappa shape index (κ2) is 7.85. The molecule has 14 heteroatoms. The van der Waals surface area contributed by atoms with Crippen LogP contribution in [0.5, 0.6) is 0 Å².